The number of hydrogen-bond donors (Lipinski definition) is 0. The molecule has 0 saturated carbocycles. The Balaban J connectivity index is 1.92. The van der Waals surface area contributed by atoms with Crippen LogP contribution in [0.15, 0.2) is 18.2 Å². The van der Waals surface area contributed by atoms with Crippen molar-refractivity contribution in [1.29, 1.82) is 0 Å². The molecule has 20 heavy (non-hydrogen) atoms. The van der Waals surface area contributed by atoms with E-state index in [0.29, 0.717) is 10.9 Å². The molecule has 112 valence electrons. The molecule has 1 saturated heterocycles. The van der Waals surface area contributed by atoms with E-state index in [0.717, 1.165) is 19.4 Å². The summed E-state index contributed by atoms with van der Waals surface area (Å²) in [6, 6.07) is 6.98. The van der Waals surface area contributed by atoms with Gasteiger partial charge in [-0.05, 0) is 61.6 Å². The SMILES string of the molecule is CCc1ccc(C(Br)CCC2CCCCO2)cc1CC. The van der Waals surface area contributed by atoms with Gasteiger partial charge >= 0.3 is 0 Å². The van der Waals surface area contributed by atoms with E-state index in [1.165, 1.54) is 48.8 Å². The first-order chi connectivity index (χ1) is 9.74. The fourth-order valence-electron chi connectivity index (χ4n) is 3.05. The highest BCUT2D eigenvalue weighted by molar-refractivity contribution is 9.09. The molecule has 1 aliphatic rings. The summed E-state index contributed by atoms with van der Waals surface area (Å²) in [5.74, 6) is 0. The Kier molecular flexibility index (Phi) is 6.57. The van der Waals surface area contributed by atoms with Gasteiger partial charge in [0.05, 0.1) is 6.10 Å². The number of hydrogen-bond acceptors (Lipinski definition) is 1. The summed E-state index contributed by atoms with van der Waals surface area (Å²) in [7, 11) is 0. The van der Waals surface area contributed by atoms with Gasteiger partial charge in [-0.2, -0.15) is 0 Å². The van der Waals surface area contributed by atoms with Gasteiger partial charge in [-0.3, -0.25) is 0 Å². The van der Waals surface area contributed by atoms with Crippen LogP contribution in [-0.2, 0) is 17.6 Å². The summed E-state index contributed by atoms with van der Waals surface area (Å²) in [6.45, 7) is 5.44. The van der Waals surface area contributed by atoms with Crippen molar-refractivity contribution in [2.24, 2.45) is 0 Å². The molecule has 1 nitrogen and oxygen atoms in total. The molecule has 0 bridgehead atoms. The van der Waals surface area contributed by atoms with Crippen LogP contribution >= 0.6 is 15.9 Å². The van der Waals surface area contributed by atoms with Crippen LogP contribution < -0.4 is 0 Å². The van der Waals surface area contributed by atoms with Crippen LogP contribution in [0.2, 0.25) is 0 Å². The van der Waals surface area contributed by atoms with E-state index in [2.05, 4.69) is 48.0 Å². The van der Waals surface area contributed by atoms with Gasteiger partial charge in [-0.25, -0.2) is 0 Å². The molecule has 0 amide bonds. The molecular weight excluding hydrogens is 312 g/mol. The van der Waals surface area contributed by atoms with E-state index in [1.807, 2.05) is 0 Å². The third-order valence-corrected chi connectivity index (χ3v) is 5.36. The Bertz CT molecular complexity index is 410. The summed E-state index contributed by atoms with van der Waals surface area (Å²) in [5, 5.41) is 0. The van der Waals surface area contributed by atoms with Crippen LogP contribution in [0, 0.1) is 0 Å². The van der Waals surface area contributed by atoms with Crippen LogP contribution in [-0.4, -0.2) is 12.7 Å². The first-order valence-corrected chi connectivity index (χ1v) is 9.03. The highest BCUT2D eigenvalue weighted by atomic mass is 79.9. The smallest absolute Gasteiger partial charge is 0.0575 e. The second kappa shape index (κ2) is 8.19. The van der Waals surface area contributed by atoms with E-state index in [9.17, 15) is 0 Å². The maximum Gasteiger partial charge on any atom is 0.0575 e. The summed E-state index contributed by atoms with van der Waals surface area (Å²) < 4.78 is 5.82. The molecule has 2 rings (SSSR count). The van der Waals surface area contributed by atoms with Gasteiger partial charge in [0.25, 0.3) is 0 Å². The Morgan fingerprint density at radius 3 is 2.65 bits per heavy atom. The van der Waals surface area contributed by atoms with Crippen LogP contribution in [0.1, 0.15) is 67.5 Å². The normalized spacial score (nSPS) is 20.9. The Morgan fingerprint density at radius 1 is 1.20 bits per heavy atom. The quantitative estimate of drug-likeness (QED) is 0.613. The zero-order chi connectivity index (χ0) is 14.4. The zero-order valence-electron chi connectivity index (χ0n) is 12.8. The average Bonchev–Trinajstić information content (AvgIpc) is 2.52. The maximum atomic E-state index is 5.82. The largest absolute Gasteiger partial charge is 0.378 e. The first kappa shape index (κ1) is 16.0. The van der Waals surface area contributed by atoms with Crippen molar-refractivity contribution in [3.63, 3.8) is 0 Å². The van der Waals surface area contributed by atoms with Crippen molar-refractivity contribution in [2.75, 3.05) is 6.61 Å². The maximum absolute atomic E-state index is 5.82. The minimum Gasteiger partial charge on any atom is -0.378 e. The lowest BCUT2D eigenvalue weighted by Crippen LogP contribution is -2.19. The van der Waals surface area contributed by atoms with E-state index < -0.39 is 0 Å². The third kappa shape index (κ3) is 4.33. The Hall–Kier alpha value is -0.340. The fraction of sp³-hybridized carbons (Fsp3) is 0.667. The standard InChI is InChI=1S/C18H27BrO/c1-3-14-8-9-16(13-15(14)4-2)18(19)11-10-17-7-5-6-12-20-17/h8-9,13,17-18H,3-7,10-12H2,1-2H3. The molecule has 1 aliphatic heterocycles. The average molecular weight is 339 g/mol. The molecule has 2 unspecified atom stereocenters. The number of alkyl halides is 1. The van der Waals surface area contributed by atoms with Gasteiger partial charge < -0.3 is 4.74 Å². The second-order valence-corrected chi connectivity index (χ2v) is 6.87. The van der Waals surface area contributed by atoms with Crippen molar-refractivity contribution >= 4 is 15.9 Å². The summed E-state index contributed by atoms with van der Waals surface area (Å²) in [4.78, 5) is 0.462. The molecule has 1 aromatic rings. The van der Waals surface area contributed by atoms with E-state index in [-0.39, 0.29) is 0 Å². The number of aryl methyl sites for hydroxylation is 2. The predicted molar refractivity (Wildman–Crippen MR) is 89.7 cm³/mol. The van der Waals surface area contributed by atoms with Gasteiger partial charge in [-0.1, -0.05) is 48.0 Å². The van der Waals surface area contributed by atoms with Crippen molar-refractivity contribution in [3.8, 4) is 0 Å². The number of rotatable bonds is 6. The topological polar surface area (TPSA) is 9.23 Å². The number of ether oxygens (including phenoxy) is 1. The van der Waals surface area contributed by atoms with Gasteiger partial charge in [0.15, 0.2) is 0 Å². The van der Waals surface area contributed by atoms with Gasteiger partial charge in [-0.15, -0.1) is 0 Å². The molecule has 2 heteroatoms. The van der Waals surface area contributed by atoms with Crippen molar-refractivity contribution in [2.45, 2.75) is 69.7 Å². The number of benzene rings is 1. The Labute approximate surface area is 132 Å². The fourth-order valence-corrected chi connectivity index (χ4v) is 3.60. The third-order valence-electron chi connectivity index (χ3n) is 4.37. The van der Waals surface area contributed by atoms with Crippen LogP contribution in [0.25, 0.3) is 0 Å². The first-order valence-electron chi connectivity index (χ1n) is 8.12. The monoisotopic (exact) mass is 338 g/mol. The highest BCUT2D eigenvalue weighted by Gasteiger charge is 2.16. The molecule has 0 aliphatic carbocycles. The van der Waals surface area contributed by atoms with Crippen LogP contribution in [0.3, 0.4) is 0 Å². The van der Waals surface area contributed by atoms with Crippen LogP contribution in [0.4, 0.5) is 0 Å². The van der Waals surface area contributed by atoms with Gasteiger partial charge in [0.1, 0.15) is 0 Å². The summed E-state index contributed by atoms with van der Waals surface area (Å²) in [5.41, 5.74) is 4.42. The second-order valence-electron chi connectivity index (χ2n) is 5.77. The molecule has 0 N–H and O–H groups in total. The van der Waals surface area contributed by atoms with Crippen molar-refractivity contribution < 1.29 is 4.74 Å². The van der Waals surface area contributed by atoms with Gasteiger partial charge in [0, 0.05) is 11.4 Å². The molecule has 1 heterocycles. The van der Waals surface area contributed by atoms with E-state index in [4.69, 9.17) is 4.74 Å². The van der Waals surface area contributed by atoms with Crippen molar-refractivity contribution in [3.05, 3.63) is 34.9 Å². The number of halogens is 1. The lowest BCUT2D eigenvalue weighted by molar-refractivity contribution is 0.0102. The zero-order valence-corrected chi connectivity index (χ0v) is 14.4. The lowest BCUT2D eigenvalue weighted by Gasteiger charge is -2.23. The van der Waals surface area contributed by atoms with E-state index in [1.54, 1.807) is 0 Å². The summed E-state index contributed by atoms with van der Waals surface area (Å²) >= 11 is 3.87. The van der Waals surface area contributed by atoms with Crippen molar-refractivity contribution in [1.82, 2.24) is 0 Å². The lowest BCUT2D eigenvalue weighted by atomic mass is 9.96. The molecule has 0 spiro atoms. The molecule has 0 radical (unpaired) electrons. The van der Waals surface area contributed by atoms with E-state index >= 15 is 0 Å². The molecule has 0 aromatic heterocycles. The molecule has 2 atom stereocenters. The summed E-state index contributed by atoms with van der Waals surface area (Å²) in [6.07, 6.45) is 8.91. The van der Waals surface area contributed by atoms with Gasteiger partial charge in [0.2, 0.25) is 0 Å². The minimum atomic E-state index is 0.462. The molecular formula is C18H27BrO. The highest BCUT2D eigenvalue weighted by Crippen LogP contribution is 2.31. The Morgan fingerprint density at radius 2 is 2.00 bits per heavy atom. The minimum absolute atomic E-state index is 0.462. The molecule has 1 fully saturated rings. The molecule has 1 aromatic carbocycles. The predicted octanol–water partition coefficient (Wildman–Crippen LogP) is 5.60. The van der Waals surface area contributed by atoms with Crippen LogP contribution in [0.5, 0.6) is 0 Å².